The van der Waals surface area contributed by atoms with Crippen LogP contribution in [0.2, 0.25) is 0 Å². The van der Waals surface area contributed by atoms with Crippen molar-refractivity contribution in [2.45, 2.75) is 13.3 Å². The van der Waals surface area contributed by atoms with Crippen LogP contribution < -0.4 is 0 Å². The molecule has 1 amide bonds. The molecule has 2 unspecified atom stereocenters. The highest BCUT2D eigenvalue weighted by Gasteiger charge is 2.36. The van der Waals surface area contributed by atoms with Gasteiger partial charge in [-0.05, 0) is 11.5 Å². The van der Waals surface area contributed by atoms with Crippen LogP contribution in [0.5, 0.6) is 0 Å². The van der Waals surface area contributed by atoms with Crippen LogP contribution in [0.1, 0.15) is 12.5 Å². The number of nitrogens with zero attached hydrogens (tertiary/aromatic N) is 1. The average Bonchev–Trinajstić information content (AvgIpc) is 2.73. The second kappa shape index (κ2) is 5.21. The molecular weight excluding hydrogens is 230 g/mol. The molecule has 0 spiro atoms. The zero-order valence-electron chi connectivity index (χ0n) is 10.4. The van der Waals surface area contributed by atoms with E-state index in [4.69, 9.17) is 5.11 Å². The molecule has 1 saturated heterocycles. The molecule has 4 heteroatoms. The number of hydrogen-bond donors (Lipinski definition) is 1. The van der Waals surface area contributed by atoms with Crippen molar-refractivity contribution in [2.75, 3.05) is 13.1 Å². The Labute approximate surface area is 106 Å². The van der Waals surface area contributed by atoms with E-state index in [0.717, 1.165) is 5.56 Å². The van der Waals surface area contributed by atoms with Crippen LogP contribution in [0.15, 0.2) is 30.3 Å². The van der Waals surface area contributed by atoms with Crippen molar-refractivity contribution < 1.29 is 14.7 Å². The summed E-state index contributed by atoms with van der Waals surface area (Å²) in [6.07, 6.45) is 0.347. The number of hydrogen-bond acceptors (Lipinski definition) is 2. The van der Waals surface area contributed by atoms with Gasteiger partial charge in [0.1, 0.15) is 0 Å². The first-order valence-corrected chi connectivity index (χ1v) is 6.12. The van der Waals surface area contributed by atoms with E-state index in [-0.39, 0.29) is 11.8 Å². The molecule has 1 aromatic rings. The average molecular weight is 247 g/mol. The molecule has 1 heterocycles. The number of carboxylic acid groups (broad SMARTS) is 1. The Hall–Kier alpha value is -1.84. The summed E-state index contributed by atoms with van der Waals surface area (Å²) in [5.41, 5.74) is 0.967. The summed E-state index contributed by atoms with van der Waals surface area (Å²) in [6, 6.07) is 9.52. The zero-order chi connectivity index (χ0) is 13.1. The van der Waals surface area contributed by atoms with E-state index >= 15 is 0 Å². The third kappa shape index (κ3) is 2.70. The van der Waals surface area contributed by atoms with Crippen LogP contribution in [0, 0.1) is 11.8 Å². The molecule has 4 nitrogen and oxygen atoms in total. The maximum atomic E-state index is 12.1. The number of carbonyl (C=O) groups excluding carboxylic acids is 1. The van der Waals surface area contributed by atoms with E-state index in [9.17, 15) is 9.59 Å². The summed E-state index contributed by atoms with van der Waals surface area (Å²) >= 11 is 0. The van der Waals surface area contributed by atoms with Crippen LogP contribution in [0.3, 0.4) is 0 Å². The van der Waals surface area contributed by atoms with Crippen LogP contribution in [0.25, 0.3) is 0 Å². The quantitative estimate of drug-likeness (QED) is 0.878. The van der Waals surface area contributed by atoms with Crippen molar-refractivity contribution in [3.05, 3.63) is 35.9 Å². The fourth-order valence-electron chi connectivity index (χ4n) is 2.37. The Kier molecular flexibility index (Phi) is 3.65. The number of carboxylic acids is 1. The minimum atomic E-state index is -0.808. The van der Waals surface area contributed by atoms with E-state index in [0.29, 0.717) is 19.5 Å². The van der Waals surface area contributed by atoms with Crippen LogP contribution >= 0.6 is 0 Å². The Morgan fingerprint density at radius 2 is 1.94 bits per heavy atom. The predicted molar refractivity (Wildman–Crippen MR) is 67.0 cm³/mol. The first-order chi connectivity index (χ1) is 8.58. The molecule has 1 aromatic carbocycles. The van der Waals surface area contributed by atoms with Crippen molar-refractivity contribution in [1.29, 1.82) is 0 Å². The van der Waals surface area contributed by atoms with Gasteiger partial charge in [-0.15, -0.1) is 0 Å². The monoisotopic (exact) mass is 247 g/mol. The first-order valence-electron chi connectivity index (χ1n) is 6.12. The van der Waals surface area contributed by atoms with Crippen molar-refractivity contribution in [2.24, 2.45) is 11.8 Å². The van der Waals surface area contributed by atoms with E-state index in [1.54, 1.807) is 4.90 Å². The smallest absolute Gasteiger partial charge is 0.308 e. The molecule has 0 aliphatic carbocycles. The standard InChI is InChI=1S/C14H17NO3/c1-10-8-15(9-12(10)14(17)18)13(16)7-11-5-3-2-4-6-11/h2-6,10,12H,7-9H2,1H3,(H,17,18). The lowest BCUT2D eigenvalue weighted by Crippen LogP contribution is -2.31. The van der Waals surface area contributed by atoms with Crippen molar-refractivity contribution in [1.82, 2.24) is 4.90 Å². The van der Waals surface area contributed by atoms with E-state index in [2.05, 4.69) is 0 Å². The lowest BCUT2D eigenvalue weighted by Gasteiger charge is -2.15. The number of aliphatic carboxylic acids is 1. The fourth-order valence-corrected chi connectivity index (χ4v) is 2.37. The Morgan fingerprint density at radius 3 is 2.50 bits per heavy atom. The van der Waals surface area contributed by atoms with Crippen LogP contribution in [-0.2, 0) is 16.0 Å². The molecule has 0 aromatic heterocycles. The molecule has 1 N–H and O–H groups in total. The lowest BCUT2D eigenvalue weighted by molar-refractivity contribution is -0.142. The molecule has 2 atom stereocenters. The highest BCUT2D eigenvalue weighted by atomic mass is 16.4. The maximum Gasteiger partial charge on any atom is 0.308 e. The largest absolute Gasteiger partial charge is 0.481 e. The van der Waals surface area contributed by atoms with Gasteiger partial charge in [-0.1, -0.05) is 37.3 Å². The fraction of sp³-hybridized carbons (Fsp3) is 0.429. The number of amides is 1. The summed E-state index contributed by atoms with van der Waals surface area (Å²) in [4.78, 5) is 24.7. The number of carbonyl (C=O) groups is 2. The van der Waals surface area contributed by atoms with Crippen LogP contribution in [0.4, 0.5) is 0 Å². The molecular formula is C14H17NO3. The van der Waals surface area contributed by atoms with Crippen molar-refractivity contribution >= 4 is 11.9 Å². The Balaban J connectivity index is 1.97. The third-order valence-corrected chi connectivity index (χ3v) is 3.48. The highest BCUT2D eigenvalue weighted by Crippen LogP contribution is 2.23. The molecule has 1 fully saturated rings. The summed E-state index contributed by atoms with van der Waals surface area (Å²) in [5, 5.41) is 9.03. The highest BCUT2D eigenvalue weighted by molar-refractivity contribution is 5.80. The van der Waals surface area contributed by atoms with Gasteiger partial charge in [0.15, 0.2) is 0 Å². The topological polar surface area (TPSA) is 57.6 Å². The molecule has 96 valence electrons. The van der Waals surface area contributed by atoms with E-state index in [1.807, 2.05) is 37.3 Å². The zero-order valence-corrected chi connectivity index (χ0v) is 10.4. The van der Waals surface area contributed by atoms with Gasteiger partial charge in [0.25, 0.3) is 0 Å². The first kappa shape index (κ1) is 12.6. The van der Waals surface area contributed by atoms with Crippen molar-refractivity contribution in [3.63, 3.8) is 0 Å². The van der Waals surface area contributed by atoms with Gasteiger partial charge in [-0.3, -0.25) is 9.59 Å². The molecule has 1 aliphatic rings. The number of rotatable bonds is 3. The lowest BCUT2D eigenvalue weighted by atomic mass is 9.99. The van der Waals surface area contributed by atoms with Crippen molar-refractivity contribution in [3.8, 4) is 0 Å². The van der Waals surface area contributed by atoms with E-state index < -0.39 is 11.9 Å². The number of benzene rings is 1. The maximum absolute atomic E-state index is 12.1. The summed E-state index contributed by atoms with van der Waals surface area (Å²) in [7, 11) is 0. The van der Waals surface area contributed by atoms with Gasteiger partial charge < -0.3 is 10.0 Å². The second-order valence-corrected chi connectivity index (χ2v) is 4.88. The summed E-state index contributed by atoms with van der Waals surface area (Å²) in [5.74, 6) is -1.19. The van der Waals surface area contributed by atoms with Gasteiger partial charge in [-0.25, -0.2) is 0 Å². The Bertz CT molecular complexity index is 444. The molecule has 0 bridgehead atoms. The van der Waals surface area contributed by atoms with E-state index in [1.165, 1.54) is 0 Å². The Morgan fingerprint density at radius 1 is 1.28 bits per heavy atom. The molecule has 0 radical (unpaired) electrons. The summed E-state index contributed by atoms with van der Waals surface area (Å²) in [6.45, 7) is 2.76. The van der Waals surface area contributed by atoms with Gasteiger partial charge in [0.05, 0.1) is 12.3 Å². The van der Waals surface area contributed by atoms with Gasteiger partial charge in [0.2, 0.25) is 5.91 Å². The molecule has 2 rings (SSSR count). The van der Waals surface area contributed by atoms with Gasteiger partial charge >= 0.3 is 5.97 Å². The summed E-state index contributed by atoms with van der Waals surface area (Å²) < 4.78 is 0. The van der Waals surface area contributed by atoms with Gasteiger partial charge in [-0.2, -0.15) is 0 Å². The van der Waals surface area contributed by atoms with Gasteiger partial charge in [0, 0.05) is 13.1 Å². The second-order valence-electron chi connectivity index (χ2n) is 4.88. The SMILES string of the molecule is CC1CN(C(=O)Cc2ccccc2)CC1C(=O)O. The minimum Gasteiger partial charge on any atom is -0.481 e. The third-order valence-electron chi connectivity index (χ3n) is 3.48. The molecule has 18 heavy (non-hydrogen) atoms. The predicted octanol–water partition coefficient (Wildman–Crippen LogP) is 1.41. The molecule has 1 aliphatic heterocycles. The normalized spacial score (nSPS) is 23.1. The minimum absolute atomic E-state index is 0.0109. The van der Waals surface area contributed by atoms with Crippen LogP contribution in [-0.4, -0.2) is 35.0 Å². The molecule has 0 saturated carbocycles. The number of likely N-dealkylation sites (tertiary alicyclic amines) is 1.